The number of amides is 2. The third kappa shape index (κ3) is 3.18. The number of carboxylic acids is 1. The number of hydrogen-bond donors (Lipinski definition) is 1. The molecule has 2 atom stereocenters. The lowest BCUT2D eigenvalue weighted by Crippen LogP contribution is -2.44. The van der Waals surface area contributed by atoms with E-state index in [0.29, 0.717) is 32.5 Å². The summed E-state index contributed by atoms with van der Waals surface area (Å²) < 4.78 is 0. The summed E-state index contributed by atoms with van der Waals surface area (Å²) in [6.07, 6.45) is 3.00. The summed E-state index contributed by atoms with van der Waals surface area (Å²) in [5.41, 5.74) is 0.776. The number of carboxylic acid groups (broad SMARTS) is 1. The second kappa shape index (κ2) is 6.36. The largest absolute Gasteiger partial charge is 0.480 e. The zero-order valence-electron chi connectivity index (χ0n) is 12.7. The Morgan fingerprint density at radius 1 is 1.35 bits per heavy atom. The standard InChI is InChI=1S/C16H19N3O4/c20-14-8-11(9-18(14)10-12-4-1-2-6-17-12)15(21)19-7-3-5-13(19)16(22)23/h1-2,4,6,11,13H,3,5,7-10H2,(H,22,23)/t11?,13-/m1/s1. The molecule has 2 aliphatic heterocycles. The molecule has 23 heavy (non-hydrogen) atoms. The molecule has 7 heteroatoms. The van der Waals surface area contributed by atoms with Gasteiger partial charge in [-0.15, -0.1) is 0 Å². The van der Waals surface area contributed by atoms with E-state index >= 15 is 0 Å². The summed E-state index contributed by atoms with van der Waals surface area (Å²) in [5, 5.41) is 9.19. The number of aromatic nitrogens is 1. The Labute approximate surface area is 133 Å². The van der Waals surface area contributed by atoms with Crippen LogP contribution >= 0.6 is 0 Å². The van der Waals surface area contributed by atoms with Crippen molar-refractivity contribution in [2.75, 3.05) is 13.1 Å². The zero-order chi connectivity index (χ0) is 16.4. The zero-order valence-corrected chi connectivity index (χ0v) is 12.7. The molecule has 0 aliphatic carbocycles. The molecule has 0 bridgehead atoms. The Kier molecular flexibility index (Phi) is 4.27. The third-order valence-electron chi connectivity index (χ3n) is 4.46. The topological polar surface area (TPSA) is 90.8 Å². The minimum Gasteiger partial charge on any atom is -0.480 e. The highest BCUT2D eigenvalue weighted by Gasteiger charge is 2.41. The van der Waals surface area contributed by atoms with Crippen LogP contribution in [0.2, 0.25) is 0 Å². The maximum Gasteiger partial charge on any atom is 0.326 e. The van der Waals surface area contributed by atoms with Crippen molar-refractivity contribution >= 4 is 17.8 Å². The highest BCUT2D eigenvalue weighted by molar-refractivity contribution is 5.91. The first kappa shape index (κ1) is 15.5. The van der Waals surface area contributed by atoms with Crippen molar-refractivity contribution in [3.63, 3.8) is 0 Å². The van der Waals surface area contributed by atoms with E-state index < -0.39 is 17.9 Å². The summed E-state index contributed by atoms with van der Waals surface area (Å²) in [5.74, 6) is -1.72. The number of carbonyl (C=O) groups is 3. The second-order valence-corrected chi connectivity index (χ2v) is 6.02. The van der Waals surface area contributed by atoms with Gasteiger partial charge in [0.05, 0.1) is 18.2 Å². The second-order valence-electron chi connectivity index (χ2n) is 6.02. The number of carbonyl (C=O) groups excluding carboxylic acids is 2. The molecule has 1 N–H and O–H groups in total. The highest BCUT2D eigenvalue weighted by atomic mass is 16.4. The van der Waals surface area contributed by atoms with E-state index in [-0.39, 0.29) is 18.2 Å². The van der Waals surface area contributed by atoms with Crippen molar-refractivity contribution in [3.05, 3.63) is 30.1 Å². The van der Waals surface area contributed by atoms with Gasteiger partial charge in [-0.05, 0) is 25.0 Å². The van der Waals surface area contributed by atoms with Crippen molar-refractivity contribution in [2.45, 2.75) is 31.8 Å². The SMILES string of the molecule is O=C(O)[C@H]1CCCN1C(=O)C1CC(=O)N(Cc2ccccn2)C1. The van der Waals surface area contributed by atoms with Crippen molar-refractivity contribution in [3.8, 4) is 0 Å². The van der Waals surface area contributed by atoms with Crippen LogP contribution in [-0.2, 0) is 20.9 Å². The Morgan fingerprint density at radius 3 is 2.87 bits per heavy atom. The summed E-state index contributed by atoms with van der Waals surface area (Å²) in [4.78, 5) is 43.2. The van der Waals surface area contributed by atoms with Gasteiger partial charge in [0.2, 0.25) is 11.8 Å². The Balaban J connectivity index is 1.65. The van der Waals surface area contributed by atoms with Gasteiger partial charge in [-0.3, -0.25) is 14.6 Å². The van der Waals surface area contributed by atoms with Crippen LogP contribution in [0.1, 0.15) is 25.0 Å². The lowest BCUT2D eigenvalue weighted by Gasteiger charge is -2.24. The van der Waals surface area contributed by atoms with Crippen molar-refractivity contribution in [2.24, 2.45) is 5.92 Å². The van der Waals surface area contributed by atoms with Crippen LogP contribution in [0.15, 0.2) is 24.4 Å². The lowest BCUT2D eigenvalue weighted by molar-refractivity contribution is -0.149. The molecule has 2 fully saturated rings. The Morgan fingerprint density at radius 2 is 2.17 bits per heavy atom. The number of hydrogen-bond acceptors (Lipinski definition) is 4. The molecular weight excluding hydrogens is 298 g/mol. The van der Waals surface area contributed by atoms with Crippen LogP contribution in [0.25, 0.3) is 0 Å². The maximum absolute atomic E-state index is 12.6. The van der Waals surface area contributed by atoms with Crippen LogP contribution in [0.4, 0.5) is 0 Å². The van der Waals surface area contributed by atoms with Crippen molar-refractivity contribution in [1.29, 1.82) is 0 Å². The number of rotatable bonds is 4. The maximum atomic E-state index is 12.6. The molecule has 0 spiro atoms. The van der Waals surface area contributed by atoms with Crippen molar-refractivity contribution in [1.82, 2.24) is 14.8 Å². The first-order valence-corrected chi connectivity index (χ1v) is 7.77. The van der Waals surface area contributed by atoms with Gasteiger partial charge in [0.1, 0.15) is 6.04 Å². The van der Waals surface area contributed by atoms with Crippen LogP contribution in [0.5, 0.6) is 0 Å². The van der Waals surface area contributed by atoms with Gasteiger partial charge in [-0.1, -0.05) is 6.07 Å². The fourth-order valence-electron chi connectivity index (χ4n) is 3.30. The summed E-state index contributed by atoms with van der Waals surface area (Å²) in [7, 11) is 0. The predicted octanol–water partition coefficient (Wildman–Crippen LogP) is 0.506. The van der Waals surface area contributed by atoms with Gasteiger partial charge in [-0.2, -0.15) is 0 Å². The van der Waals surface area contributed by atoms with Crippen LogP contribution in [0.3, 0.4) is 0 Å². The van der Waals surface area contributed by atoms with Gasteiger partial charge in [-0.25, -0.2) is 4.79 Å². The molecule has 122 valence electrons. The smallest absolute Gasteiger partial charge is 0.326 e. The molecule has 2 amide bonds. The quantitative estimate of drug-likeness (QED) is 0.873. The van der Waals surface area contributed by atoms with Gasteiger partial charge in [0, 0.05) is 25.7 Å². The van der Waals surface area contributed by atoms with E-state index in [0.717, 1.165) is 5.69 Å². The first-order valence-electron chi connectivity index (χ1n) is 7.77. The van der Waals surface area contributed by atoms with E-state index in [1.807, 2.05) is 12.1 Å². The molecule has 2 aliphatic rings. The average Bonchev–Trinajstić information content (AvgIpc) is 3.15. The number of likely N-dealkylation sites (tertiary alicyclic amines) is 2. The molecule has 1 aromatic heterocycles. The molecule has 0 saturated carbocycles. The molecule has 1 unspecified atom stereocenters. The molecular formula is C16H19N3O4. The Hall–Kier alpha value is -2.44. The van der Waals surface area contributed by atoms with Crippen LogP contribution < -0.4 is 0 Å². The molecule has 3 heterocycles. The minimum absolute atomic E-state index is 0.0833. The number of aliphatic carboxylic acids is 1. The first-order chi connectivity index (χ1) is 11.1. The van der Waals surface area contributed by atoms with Gasteiger partial charge in [0.25, 0.3) is 0 Å². The summed E-state index contributed by atoms with van der Waals surface area (Å²) in [6, 6.07) is 4.75. The molecule has 0 radical (unpaired) electrons. The van der Waals surface area contributed by atoms with Gasteiger partial charge in [0.15, 0.2) is 0 Å². The number of nitrogens with zero attached hydrogens (tertiary/aromatic N) is 3. The Bertz CT molecular complexity index is 619. The lowest BCUT2D eigenvalue weighted by atomic mass is 10.1. The highest BCUT2D eigenvalue weighted by Crippen LogP contribution is 2.26. The number of pyridine rings is 1. The minimum atomic E-state index is -0.967. The van der Waals surface area contributed by atoms with Gasteiger partial charge < -0.3 is 14.9 Å². The molecule has 0 aromatic carbocycles. The van der Waals surface area contributed by atoms with E-state index in [2.05, 4.69) is 4.98 Å². The van der Waals surface area contributed by atoms with Crippen LogP contribution in [-0.4, -0.2) is 56.8 Å². The average molecular weight is 317 g/mol. The third-order valence-corrected chi connectivity index (χ3v) is 4.46. The predicted molar refractivity (Wildman–Crippen MR) is 80.1 cm³/mol. The van der Waals surface area contributed by atoms with E-state index in [4.69, 9.17) is 0 Å². The van der Waals surface area contributed by atoms with E-state index in [9.17, 15) is 19.5 Å². The fraction of sp³-hybridized carbons (Fsp3) is 0.500. The molecule has 7 nitrogen and oxygen atoms in total. The van der Waals surface area contributed by atoms with E-state index in [1.54, 1.807) is 17.2 Å². The van der Waals surface area contributed by atoms with Crippen LogP contribution in [0, 0.1) is 5.92 Å². The fourth-order valence-corrected chi connectivity index (χ4v) is 3.30. The normalized spacial score (nSPS) is 24.3. The van der Waals surface area contributed by atoms with Gasteiger partial charge >= 0.3 is 5.97 Å². The monoisotopic (exact) mass is 317 g/mol. The molecule has 3 rings (SSSR count). The van der Waals surface area contributed by atoms with E-state index in [1.165, 1.54) is 4.90 Å². The molecule has 1 aromatic rings. The summed E-state index contributed by atoms with van der Waals surface area (Å²) >= 11 is 0. The summed E-state index contributed by atoms with van der Waals surface area (Å²) in [6.45, 7) is 1.17. The molecule has 2 saturated heterocycles. The van der Waals surface area contributed by atoms with Crippen molar-refractivity contribution < 1.29 is 19.5 Å².